The second-order valence-electron chi connectivity index (χ2n) is 5.45. The van der Waals surface area contributed by atoms with Crippen LogP contribution in [-0.2, 0) is 0 Å². The first kappa shape index (κ1) is 12.0. The zero-order chi connectivity index (χ0) is 14.4. The number of nitrogens with zero attached hydrogens (tertiary/aromatic N) is 3. The average Bonchev–Trinajstić information content (AvgIpc) is 3.23. The Hall–Kier alpha value is -2.80. The maximum atomic E-state index is 9.18. The molecule has 1 aromatic heterocycles. The summed E-state index contributed by atoms with van der Waals surface area (Å²) in [6, 6.07) is 18.6. The van der Waals surface area contributed by atoms with Crippen molar-refractivity contribution in [2.75, 3.05) is 5.73 Å². The van der Waals surface area contributed by atoms with E-state index in [1.165, 1.54) is 5.56 Å². The van der Waals surface area contributed by atoms with Gasteiger partial charge in [-0.15, -0.1) is 0 Å². The van der Waals surface area contributed by atoms with Gasteiger partial charge in [0.15, 0.2) is 0 Å². The van der Waals surface area contributed by atoms with Crippen molar-refractivity contribution in [2.24, 2.45) is 0 Å². The van der Waals surface area contributed by atoms with E-state index in [-0.39, 0.29) is 0 Å². The number of benzene rings is 2. The van der Waals surface area contributed by atoms with Crippen LogP contribution in [0.1, 0.15) is 29.5 Å². The van der Waals surface area contributed by atoms with Crippen molar-refractivity contribution in [3.8, 4) is 6.07 Å². The molecule has 2 aromatic carbocycles. The minimum Gasteiger partial charge on any atom is -0.369 e. The normalized spacial score (nSPS) is 20.3. The highest BCUT2D eigenvalue weighted by atomic mass is 15.2. The minimum absolute atomic E-state index is 0.339. The summed E-state index contributed by atoms with van der Waals surface area (Å²) in [4.78, 5) is 4.39. The van der Waals surface area contributed by atoms with E-state index in [0.717, 1.165) is 11.9 Å². The molecule has 21 heavy (non-hydrogen) atoms. The molecule has 2 unspecified atom stereocenters. The molecule has 4 rings (SSSR count). The SMILES string of the molecule is N#Cc1cccc2c1nc(N)n2C1CC1c1ccccc1. The van der Waals surface area contributed by atoms with Gasteiger partial charge in [-0.25, -0.2) is 4.98 Å². The molecule has 1 saturated carbocycles. The third-order valence-corrected chi connectivity index (χ3v) is 4.18. The number of rotatable bonds is 2. The Morgan fingerprint density at radius 1 is 1.14 bits per heavy atom. The van der Waals surface area contributed by atoms with E-state index in [4.69, 9.17) is 5.73 Å². The monoisotopic (exact) mass is 274 g/mol. The summed E-state index contributed by atoms with van der Waals surface area (Å²) in [6.07, 6.45) is 1.07. The summed E-state index contributed by atoms with van der Waals surface area (Å²) in [5.41, 5.74) is 9.67. The Balaban J connectivity index is 1.79. The van der Waals surface area contributed by atoms with Gasteiger partial charge in [-0.2, -0.15) is 5.26 Å². The Labute approximate surface area is 122 Å². The van der Waals surface area contributed by atoms with Gasteiger partial charge in [-0.05, 0) is 24.1 Å². The first-order valence-corrected chi connectivity index (χ1v) is 7.01. The molecular formula is C17H14N4. The molecule has 0 radical (unpaired) electrons. The van der Waals surface area contributed by atoms with Crippen LogP contribution in [0.3, 0.4) is 0 Å². The van der Waals surface area contributed by atoms with E-state index in [9.17, 15) is 5.26 Å². The molecule has 1 aliphatic rings. The lowest BCUT2D eigenvalue weighted by Crippen LogP contribution is -2.02. The Morgan fingerprint density at radius 2 is 1.95 bits per heavy atom. The smallest absolute Gasteiger partial charge is 0.201 e. The van der Waals surface area contributed by atoms with Crippen molar-refractivity contribution in [1.29, 1.82) is 5.26 Å². The fraction of sp³-hybridized carbons (Fsp3) is 0.176. The minimum atomic E-state index is 0.339. The first-order valence-electron chi connectivity index (χ1n) is 7.01. The molecule has 102 valence electrons. The summed E-state index contributed by atoms with van der Waals surface area (Å²) in [5, 5.41) is 9.18. The molecule has 2 atom stereocenters. The second-order valence-corrected chi connectivity index (χ2v) is 5.45. The molecule has 2 N–H and O–H groups in total. The van der Waals surface area contributed by atoms with Crippen molar-refractivity contribution in [2.45, 2.75) is 18.4 Å². The lowest BCUT2D eigenvalue weighted by molar-refractivity contribution is 0.751. The molecule has 4 nitrogen and oxygen atoms in total. The maximum absolute atomic E-state index is 9.18. The number of aromatic nitrogens is 2. The number of imidazole rings is 1. The molecule has 0 amide bonds. The summed E-state index contributed by atoms with van der Waals surface area (Å²) >= 11 is 0. The van der Waals surface area contributed by atoms with Gasteiger partial charge in [0, 0.05) is 12.0 Å². The lowest BCUT2D eigenvalue weighted by atomic mass is 10.1. The van der Waals surface area contributed by atoms with Gasteiger partial charge >= 0.3 is 0 Å². The van der Waals surface area contributed by atoms with Crippen molar-refractivity contribution in [3.63, 3.8) is 0 Å². The van der Waals surface area contributed by atoms with Crippen LogP contribution in [0.5, 0.6) is 0 Å². The molecule has 0 bridgehead atoms. The highest BCUT2D eigenvalue weighted by molar-refractivity contribution is 5.84. The number of nitrogens with two attached hydrogens (primary N) is 1. The van der Waals surface area contributed by atoms with Crippen molar-refractivity contribution in [1.82, 2.24) is 9.55 Å². The third kappa shape index (κ3) is 1.78. The zero-order valence-electron chi connectivity index (χ0n) is 11.4. The van der Waals surface area contributed by atoms with Gasteiger partial charge in [0.1, 0.15) is 11.6 Å². The molecular weight excluding hydrogens is 260 g/mol. The largest absolute Gasteiger partial charge is 0.369 e. The van der Waals surface area contributed by atoms with Crippen molar-refractivity contribution < 1.29 is 0 Å². The fourth-order valence-corrected chi connectivity index (χ4v) is 3.10. The number of nitriles is 1. The van der Waals surface area contributed by atoms with Gasteiger partial charge in [0.2, 0.25) is 5.95 Å². The Bertz CT molecular complexity index is 858. The van der Waals surface area contributed by atoms with Crippen LogP contribution in [0.2, 0.25) is 0 Å². The lowest BCUT2D eigenvalue weighted by Gasteiger charge is -2.06. The maximum Gasteiger partial charge on any atom is 0.201 e. The van der Waals surface area contributed by atoms with Crippen LogP contribution in [0.25, 0.3) is 11.0 Å². The van der Waals surface area contributed by atoms with Crippen LogP contribution in [0.15, 0.2) is 48.5 Å². The average molecular weight is 274 g/mol. The van der Waals surface area contributed by atoms with E-state index < -0.39 is 0 Å². The molecule has 1 aliphatic carbocycles. The highest BCUT2D eigenvalue weighted by Crippen LogP contribution is 2.53. The van der Waals surface area contributed by atoms with Crippen LogP contribution in [0.4, 0.5) is 5.95 Å². The van der Waals surface area contributed by atoms with E-state index in [1.54, 1.807) is 6.07 Å². The van der Waals surface area contributed by atoms with Gasteiger partial charge in [-0.1, -0.05) is 36.4 Å². The predicted octanol–water partition coefficient (Wildman–Crippen LogP) is 3.22. The third-order valence-electron chi connectivity index (χ3n) is 4.18. The quantitative estimate of drug-likeness (QED) is 0.780. The standard InChI is InChI=1S/C17H14N4/c18-10-12-7-4-8-14-16(12)20-17(19)21(14)15-9-13(15)11-5-2-1-3-6-11/h1-8,13,15H,9H2,(H2,19,20). The molecule has 0 spiro atoms. The van der Waals surface area contributed by atoms with Gasteiger partial charge in [0.25, 0.3) is 0 Å². The van der Waals surface area contributed by atoms with Crippen LogP contribution in [-0.4, -0.2) is 9.55 Å². The van der Waals surface area contributed by atoms with E-state index in [1.807, 2.05) is 18.2 Å². The molecule has 0 saturated heterocycles. The number of nitrogen functional groups attached to an aromatic ring is 1. The summed E-state index contributed by atoms with van der Waals surface area (Å²) in [7, 11) is 0. The molecule has 1 heterocycles. The van der Waals surface area contributed by atoms with Gasteiger partial charge < -0.3 is 10.3 Å². The highest BCUT2D eigenvalue weighted by Gasteiger charge is 2.41. The van der Waals surface area contributed by atoms with E-state index >= 15 is 0 Å². The van der Waals surface area contributed by atoms with Gasteiger partial charge in [-0.3, -0.25) is 0 Å². The molecule has 4 heteroatoms. The van der Waals surface area contributed by atoms with Crippen LogP contribution < -0.4 is 5.73 Å². The van der Waals surface area contributed by atoms with Crippen molar-refractivity contribution in [3.05, 3.63) is 59.7 Å². The number of hydrogen-bond donors (Lipinski definition) is 1. The molecule has 0 aliphatic heterocycles. The molecule has 1 fully saturated rings. The van der Waals surface area contributed by atoms with Crippen molar-refractivity contribution >= 4 is 17.0 Å². The number of para-hydroxylation sites is 1. The topological polar surface area (TPSA) is 67.6 Å². The Morgan fingerprint density at radius 3 is 2.71 bits per heavy atom. The summed E-state index contributed by atoms with van der Waals surface area (Å²) in [6.45, 7) is 0. The number of fused-ring (bicyclic) bond motifs is 1. The van der Waals surface area contributed by atoms with E-state index in [0.29, 0.717) is 29.0 Å². The molecule has 3 aromatic rings. The van der Waals surface area contributed by atoms with Crippen LogP contribution in [0, 0.1) is 11.3 Å². The first-order chi connectivity index (χ1) is 10.3. The van der Waals surface area contributed by atoms with E-state index in [2.05, 4.69) is 39.9 Å². The summed E-state index contributed by atoms with van der Waals surface area (Å²) in [5.74, 6) is 0.979. The zero-order valence-corrected chi connectivity index (χ0v) is 11.4. The number of hydrogen-bond acceptors (Lipinski definition) is 3. The predicted molar refractivity (Wildman–Crippen MR) is 81.7 cm³/mol. The second kappa shape index (κ2) is 4.35. The Kier molecular flexibility index (Phi) is 2.48. The fourth-order valence-electron chi connectivity index (χ4n) is 3.10. The van der Waals surface area contributed by atoms with Crippen LogP contribution >= 0.6 is 0 Å². The van der Waals surface area contributed by atoms with Gasteiger partial charge in [0.05, 0.1) is 11.1 Å². The number of anilines is 1. The summed E-state index contributed by atoms with van der Waals surface area (Å²) < 4.78 is 2.08.